The SMILES string of the molecule is CC1(C)c2ccccc2-c2c1ccc1c2c2ccccc2n1-c1nc(-c2ccccc2)cc(-c2ccc3c(c2)oc2ccccc23)n1. The maximum absolute atomic E-state index is 6.29. The van der Waals surface area contributed by atoms with Crippen molar-refractivity contribution in [3.8, 4) is 39.6 Å². The van der Waals surface area contributed by atoms with Crippen molar-refractivity contribution >= 4 is 43.7 Å². The van der Waals surface area contributed by atoms with Crippen LogP contribution in [0.15, 0.2) is 144 Å². The van der Waals surface area contributed by atoms with Crippen LogP contribution in [-0.4, -0.2) is 14.5 Å². The van der Waals surface area contributed by atoms with Crippen LogP contribution in [0.3, 0.4) is 0 Å². The zero-order chi connectivity index (χ0) is 31.3. The van der Waals surface area contributed by atoms with E-state index in [1.54, 1.807) is 0 Å². The second-order valence-corrected chi connectivity index (χ2v) is 13.0. The Morgan fingerprint density at radius 1 is 0.532 bits per heavy atom. The van der Waals surface area contributed by atoms with Gasteiger partial charge in [0, 0.05) is 38.1 Å². The lowest BCUT2D eigenvalue weighted by molar-refractivity contribution is 0.661. The lowest BCUT2D eigenvalue weighted by Gasteiger charge is -2.21. The molecule has 6 aromatic carbocycles. The van der Waals surface area contributed by atoms with Gasteiger partial charge in [0.2, 0.25) is 5.95 Å². The zero-order valence-electron chi connectivity index (χ0n) is 26.0. The van der Waals surface area contributed by atoms with Gasteiger partial charge >= 0.3 is 0 Å². The van der Waals surface area contributed by atoms with Gasteiger partial charge in [-0.15, -0.1) is 0 Å². The first-order valence-corrected chi connectivity index (χ1v) is 16.1. The summed E-state index contributed by atoms with van der Waals surface area (Å²) in [7, 11) is 0. The van der Waals surface area contributed by atoms with Crippen LogP contribution in [0, 0.1) is 0 Å². The van der Waals surface area contributed by atoms with E-state index in [4.69, 9.17) is 14.4 Å². The second-order valence-electron chi connectivity index (χ2n) is 13.0. The molecular formula is C43H29N3O. The molecule has 0 spiro atoms. The smallest absolute Gasteiger partial charge is 0.235 e. The summed E-state index contributed by atoms with van der Waals surface area (Å²) in [4.78, 5) is 10.6. The lowest BCUT2D eigenvalue weighted by atomic mass is 9.82. The largest absolute Gasteiger partial charge is 0.456 e. The number of hydrogen-bond donors (Lipinski definition) is 0. The van der Waals surface area contributed by atoms with Crippen molar-refractivity contribution in [1.29, 1.82) is 0 Å². The highest BCUT2D eigenvalue weighted by Gasteiger charge is 2.37. The van der Waals surface area contributed by atoms with Gasteiger partial charge in [0.1, 0.15) is 11.2 Å². The Hall–Kier alpha value is -6.00. The van der Waals surface area contributed by atoms with E-state index < -0.39 is 0 Å². The highest BCUT2D eigenvalue weighted by atomic mass is 16.3. The quantitative estimate of drug-likeness (QED) is 0.202. The van der Waals surface area contributed by atoms with E-state index in [1.165, 1.54) is 33.0 Å². The number of benzene rings is 6. The molecule has 1 aliphatic rings. The minimum atomic E-state index is -0.0878. The normalized spacial score (nSPS) is 13.5. The number of aromatic nitrogens is 3. The minimum Gasteiger partial charge on any atom is -0.456 e. The van der Waals surface area contributed by atoms with Crippen molar-refractivity contribution in [3.63, 3.8) is 0 Å². The average molecular weight is 604 g/mol. The van der Waals surface area contributed by atoms with Crippen molar-refractivity contribution in [2.75, 3.05) is 0 Å². The minimum absolute atomic E-state index is 0.0878. The van der Waals surface area contributed by atoms with Crippen LogP contribution >= 0.6 is 0 Å². The van der Waals surface area contributed by atoms with Gasteiger partial charge in [-0.3, -0.25) is 4.57 Å². The Morgan fingerprint density at radius 3 is 2.11 bits per heavy atom. The van der Waals surface area contributed by atoms with Gasteiger partial charge in [-0.05, 0) is 58.7 Å². The zero-order valence-corrected chi connectivity index (χ0v) is 26.0. The lowest BCUT2D eigenvalue weighted by Crippen LogP contribution is -2.14. The second kappa shape index (κ2) is 9.51. The van der Waals surface area contributed by atoms with Crippen molar-refractivity contribution in [1.82, 2.24) is 14.5 Å². The number of furan rings is 1. The molecule has 222 valence electrons. The molecule has 0 amide bonds. The highest BCUT2D eigenvalue weighted by Crippen LogP contribution is 2.53. The molecule has 0 saturated heterocycles. The van der Waals surface area contributed by atoms with Gasteiger partial charge in [0.25, 0.3) is 0 Å². The average Bonchev–Trinajstić information content (AvgIpc) is 3.74. The van der Waals surface area contributed by atoms with Crippen LogP contribution in [0.2, 0.25) is 0 Å². The third kappa shape index (κ3) is 3.70. The number of nitrogens with zero attached hydrogens (tertiary/aromatic N) is 3. The van der Waals surface area contributed by atoms with Crippen LogP contribution in [0.25, 0.3) is 83.3 Å². The van der Waals surface area contributed by atoms with Crippen molar-refractivity contribution < 1.29 is 4.42 Å². The summed E-state index contributed by atoms with van der Waals surface area (Å²) >= 11 is 0. The topological polar surface area (TPSA) is 43.9 Å². The van der Waals surface area contributed by atoms with E-state index in [1.807, 2.05) is 18.2 Å². The van der Waals surface area contributed by atoms with E-state index in [0.717, 1.165) is 55.5 Å². The van der Waals surface area contributed by atoms with E-state index >= 15 is 0 Å². The van der Waals surface area contributed by atoms with E-state index in [2.05, 4.69) is 140 Å². The third-order valence-corrected chi connectivity index (χ3v) is 10.0. The summed E-state index contributed by atoms with van der Waals surface area (Å²) in [6.07, 6.45) is 0. The third-order valence-electron chi connectivity index (χ3n) is 10.0. The van der Waals surface area contributed by atoms with E-state index in [0.29, 0.717) is 5.95 Å². The maximum Gasteiger partial charge on any atom is 0.235 e. The van der Waals surface area contributed by atoms with Crippen molar-refractivity contribution in [2.45, 2.75) is 19.3 Å². The predicted molar refractivity (Wildman–Crippen MR) is 192 cm³/mol. The Labute approximate surface area is 271 Å². The molecule has 0 fully saturated rings. The number of hydrogen-bond acceptors (Lipinski definition) is 3. The van der Waals surface area contributed by atoms with Crippen LogP contribution in [0.5, 0.6) is 0 Å². The maximum atomic E-state index is 6.29. The molecule has 0 bridgehead atoms. The molecule has 1 aliphatic carbocycles. The Kier molecular flexibility index (Phi) is 5.31. The van der Waals surface area contributed by atoms with E-state index in [-0.39, 0.29) is 5.41 Å². The van der Waals surface area contributed by atoms with Crippen LogP contribution in [0.4, 0.5) is 0 Å². The standard InChI is InChI=1S/C43H29N3O/c1-43(2)32-17-9-6-15-30(32)40-33(43)22-23-37-41(40)31-16-7-10-18-36(31)46(37)42-44-34(26-12-4-3-5-13-26)25-35(45-42)27-20-21-29-28-14-8-11-19-38(28)47-39(29)24-27/h3-25H,1-2H3. The summed E-state index contributed by atoms with van der Waals surface area (Å²) in [5.74, 6) is 0.641. The van der Waals surface area contributed by atoms with Gasteiger partial charge in [0.05, 0.1) is 22.4 Å². The first-order chi connectivity index (χ1) is 23.1. The Bertz CT molecular complexity index is 2710. The fraction of sp³-hybridized carbons (Fsp3) is 0.0698. The van der Waals surface area contributed by atoms with Gasteiger partial charge in [-0.2, -0.15) is 0 Å². The molecule has 4 heteroatoms. The van der Waals surface area contributed by atoms with Crippen LogP contribution in [-0.2, 0) is 5.41 Å². The summed E-state index contributed by atoms with van der Waals surface area (Å²) in [6.45, 7) is 4.67. The summed E-state index contributed by atoms with van der Waals surface area (Å²) in [5, 5.41) is 4.66. The van der Waals surface area contributed by atoms with Gasteiger partial charge in [-0.1, -0.05) is 117 Å². The molecule has 0 N–H and O–H groups in total. The molecule has 0 unspecified atom stereocenters. The summed E-state index contributed by atoms with van der Waals surface area (Å²) < 4.78 is 8.53. The molecule has 3 heterocycles. The van der Waals surface area contributed by atoms with Gasteiger partial charge in [0.15, 0.2) is 0 Å². The number of fused-ring (bicyclic) bond motifs is 10. The fourth-order valence-electron chi connectivity index (χ4n) is 7.79. The molecule has 0 atom stereocenters. The molecule has 0 aliphatic heterocycles. The molecule has 0 saturated carbocycles. The summed E-state index contributed by atoms with van der Waals surface area (Å²) in [6, 6.07) is 49.1. The predicted octanol–water partition coefficient (Wildman–Crippen LogP) is 11.1. The molecular weight excluding hydrogens is 574 g/mol. The van der Waals surface area contributed by atoms with Gasteiger partial charge < -0.3 is 4.42 Å². The molecule has 4 nitrogen and oxygen atoms in total. The van der Waals surface area contributed by atoms with E-state index in [9.17, 15) is 0 Å². The first kappa shape index (κ1) is 26.2. The number of rotatable bonds is 3. The monoisotopic (exact) mass is 603 g/mol. The van der Waals surface area contributed by atoms with Gasteiger partial charge in [-0.25, -0.2) is 9.97 Å². The Morgan fingerprint density at radius 2 is 1.23 bits per heavy atom. The van der Waals surface area contributed by atoms with Crippen LogP contribution < -0.4 is 0 Å². The first-order valence-electron chi connectivity index (χ1n) is 16.1. The van der Waals surface area contributed by atoms with Crippen molar-refractivity contribution in [3.05, 3.63) is 151 Å². The molecule has 47 heavy (non-hydrogen) atoms. The molecule has 10 rings (SSSR count). The fourth-order valence-corrected chi connectivity index (χ4v) is 7.79. The Balaban J connectivity index is 1.27. The highest BCUT2D eigenvalue weighted by molar-refractivity contribution is 6.17. The van der Waals surface area contributed by atoms with Crippen LogP contribution in [0.1, 0.15) is 25.0 Å². The molecule has 0 radical (unpaired) electrons. The molecule has 3 aromatic heterocycles. The van der Waals surface area contributed by atoms with Crippen molar-refractivity contribution in [2.24, 2.45) is 0 Å². The summed E-state index contributed by atoms with van der Waals surface area (Å²) in [5.41, 5.74) is 12.9. The molecule has 9 aromatic rings. The number of para-hydroxylation sites is 2.